The number of thiol groups is 2. The van der Waals surface area contributed by atoms with Gasteiger partial charge in [-0.2, -0.15) is 25.3 Å². The molecule has 0 heterocycles. The van der Waals surface area contributed by atoms with E-state index in [0.717, 1.165) is 24.7 Å². The Kier molecular flexibility index (Phi) is 4.50. The lowest BCUT2D eigenvalue weighted by atomic mass is 9.71. The molecule has 2 aliphatic carbocycles. The van der Waals surface area contributed by atoms with E-state index in [1.54, 1.807) is 0 Å². The van der Waals surface area contributed by atoms with Crippen LogP contribution >= 0.6 is 25.3 Å². The van der Waals surface area contributed by atoms with Gasteiger partial charge < -0.3 is 11.5 Å². The smallest absolute Gasteiger partial charge is 0.0171 e. The van der Waals surface area contributed by atoms with Crippen LogP contribution in [0.5, 0.6) is 0 Å². The quantitative estimate of drug-likeness (QED) is 0.544. The molecule has 2 fully saturated rings. The van der Waals surface area contributed by atoms with Crippen molar-refractivity contribution < 1.29 is 0 Å². The van der Waals surface area contributed by atoms with E-state index >= 15 is 0 Å². The number of nitrogens with two attached hydrogens (primary N) is 2. The normalized spacial score (nSPS) is 50.2. The van der Waals surface area contributed by atoms with Crippen LogP contribution in [0.1, 0.15) is 38.5 Å². The molecule has 16 heavy (non-hydrogen) atoms. The molecule has 2 nitrogen and oxygen atoms in total. The van der Waals surface area contributed by atoms with E-state index in [9.17, 15) is 0 Å². The lowest BCUT2D eigenvalue weighted by Gasteiger charge is -2.40. The van der Waals surface area contributed by atoms with Crippen molar-refractivity contribution in [2.75, 3.05) is 0 Å². The van der Waals surface area contributed by atoms with E-state index in [-0.39, 0.29) is 0 Å². The third kappa shape index (κ3) is 2.89. The molecular formula is C12H24N2S2. The van der Waals surface area contributed by atoms with Gasteiger partial charge in [0.25, 0.3) is 0 Å². The summed E-state index contributed by atoms with van der Waals surface area (Å²) >= 11 is 9.21. The third-order valence-corrected chi connectivity index (χ3v) is 5.67. The highest BCUT2D eigenvalue weighted by molar-refractivity contribution is 7.81. The molecule has 0 aromatic rings. The third-order valence-electron chi connectivity index (χ3n) is 4.49. The Morgan fingerprint density at radius 3 is 1.38 bits per heavy atom. The highest BCUT2D eigenvalue weighted by Gasteiger charge is 2.35. The number of hydrogen-bond acceptors (Lipinski definition) is 4. The zero-order valence-electron chi connectivity index (χ0n) is 9.76. The van der Waals surface area contributed by atoms with Crippen molar-refractivity contribution >= 4 is 25.3 Å². The predicted molar refractivity (Wildman–Crippen MR) is 76.2 cm³/mol. The molecule has 0 aliphatic heterocycles. The van der Waals surface area contributed by atoms with Gasteiger partial charge >= 0.3 is 0 Å². The molecule has 0 radical (unpaired) electrons. The molecule has 0 aromatic carbocycles. The average Bonchev–Trinajstić information content (AvgIpc) is 2.26. The van der Waals surface area contributed by atoms with Gasteiger partial charge in [-0.15, -0.1) is 0 Å². The monoisotopic (exact) mass is 260 g/mol. The first-order valence-corrected chi connectivity index (χ1v) is 7.48. The van der Waals surface area contributed by atoms with Gasteiger partial charge in [-0.3, -0.25) is 0 Å². The molecule has 4 N–H and O–H groups in total. The Labute approximate surface area is 110 Å². The SMILES string of the molecule is NC1CCC(C2CCC(N)C(S)C2)CC1S. The van der Waals surface area contributed by atoms with Crippen LogP contribution < -0.4 is 11.5 Å². The summed E-state index contributed by atoms with van der Waals surface area (Å²) in [4.78, 5) is 0. The largest absolute Gasteiger partial charge is 0.327 e. The van der Waals surface area contributed by atoms with E-state index in [0.29, 0.717) is 22.6 Å². The second kappa shape index (κ2) is 5.51. The molecule has 94 valence electrons. The Morgan fingerprint density at radius 2 is 1.06 bits per heavy atom. The second-order valence-corrected chi connectivity index (χ2v) is 6.94. The second-order valence-electron chi connectivity index (χ2n) is 5.61. The van der Waals surface area contributed by atoms with Gasteiger partial charge in [-0.1, -0.05) is 0 Å². The minimum atomic E-state index is 0.303. The van der Waals surface area contributed by atoms with Gasteiger partial charge in [0.2, 0.25) is 0 Å². The zero-order chi connectivity index (χ0) is 11.7. The fraction of sp³-hybridized carbons (Fsp3) is 1.00. The summed E-state index contributed by atoms with van der Waals surface area (Å²) in [5, 5.41) is 0.792. The topological polar surface area (TPSA) is 52.0 Å². The molecule has 6 atom stereocenters. The van der Waals surface area contributed by atoms with Gasteiger partial charge in [-0.25, -0.2) is 0 Å². The fourth-order valence-electron chi connectivity index (χ4n) is 3.26. The van der Waals surface area contributed by atoms with Crippen LogP contribution in [0.3, 0.4) is 0 Å². The van der Waals surface area contributed by atoms with Gasteiger partial charge in [0.05, 0.1) is 0 Å². The minimum Gasteiger partial charge on any atom is -0.327 e. The summed E-state index contributed by atoms with van der Waals surface area (Å²) in [6, 6.07) is 0.606. The molecule has 2 rings (SSSR count). The van der Waals surface area contributed by atoms with Crippen molar-refractivity contribution in [1.82, 2.24) is 0 Å². The van der Waals surface area contributed by atoms with Gasteiger partial charge in [-0.05, 0) is 50.4 Å². The van der Waals surface area contributed by atoms with Crippen LogP contribution in [0.4, 0.5) is 0 Å². The number of hydrogen-bond donors (Lipinski definition) is 4. The molecule has 0 amide bonds. The van der Waals surface area contributed by atoms with Crippen molar-refractivity contribution in [2.45, 2.75) is 61.1 Å². The fourth-order valence-corrected chi connectivity index (χ4v) is 4.10. The molecule has 6 unspecified atom stereocenters. The van der Waals surface area contributed by atoms with Crippen molar-refractivity contribution in [3.05, 3.63) is 0 Å². The maximum atomic E-state index is 6.01. The molecule has 0 saturated heterocycles. The lowest BCUT2D eigenvalue weighted by Crippen LogP contribution is -2.43. The van der Waals surface area contributed by atoms with Crippen LogP contribution in [0.25, 0.3) is 0 Å². The summed E-state index contributed by atoms with van der Waals surface area (Å²) in [6.07, 6.45) is 7.20. The highest BCUT2D eigenvalue weighted by atomic mass is 32.1. The van der Waals surface area contributed by atoms with Crippen LogP contribution in [-0.2, 0) is 0 Å². The van der Waals surface area contributed by atoms with Gasteiger partial charge in [0.15, 0.2) is 0 Å². The summed E-state index contributed by atoms with van der Waals surface area (Å²) in [5.74, 6) is 1.62. The number of rotatable bonds is 1. The maximum Gasteiger partial charge on any atom is 0.0171 e. The van der Waals surface area contributed by atoms with Crippen molar-refractivity contribution in [3.8, 4) is 0 Å². The van der Waals surface area contributed by atoms with Crippen molar-refractivity contribution in [1.29, 1.82) is 0 Å². The van der Waals surface area contributed by atoms with Crippen LogP contribution in [-0.4, -0.2) is 22.6 Å². The Balaban J connectivity index is 1.88. The van der Waals surface area contributed by atoms with Crippen molar-refractivity contribution in [2.24, 2.45) is 23.3 Å². The molecular weight excluding hydrogens is 236 g/mol. The average molecular weight is 260 g/mol. The van der Waals surface area contributed by atoms with E-state index in [1.165, 1.54) is 25.7 Å². The summed E-state index contributed by atoms with van der Waals surface area (Å²) in [6.45, 7) is 0. The zero-order valence-corrected chi connectivity index (χ0v) is 11.5. The Bertz CT molecular complexity index is 213. The summed E-state index contributed by atoms with van der Waals surface area (Å²) in [5.41, 5.74) is 12.0. The standard InChI is InChI=1S/C12H24N2S2/c13-9-3-1-7(5-11(9)15)8-2-4-10(14)12(16)6-8/h7-12,15-16H,1-6,13-14H2. The van der Waals surface area contributed by atoms with Crippen LogP contribution in [0.2, 0.25) is 0 Å². The van der Waals surface area contributed by atoms with Crippen molar-refractivity contribution in [3.63, 3.8) is 0 Å². The molecule has 2 aliphatic rings. The first-order chi connectivity index (χ1) is 7.58. The minimum absolute atomic E-state index is 0.303. The van der Waals surface area contributed by atoms with E-state index in [1.807, 2.05) is 0 Å². The van der Waals surface area contributed by atoms with Gasteiger partial charge in [0, 0.05) is 22.6 Å². The van der Waals surface area contributed by atoms with E-state index in [2.05, 4.69) is 25.3 Å². The molecule has 0 aromatic heterocycles. The highest BCUT2D eigenvalue weighted by Crippen LogP contribution is 2.40. The Hall–Kier alpha value is 0.620. The van der Waals surface area contributed by atoms with E-state index in [4.69, 9.17) is 11.5 Å². The molecule has 0 spiro atoms. The van der Waals surface area contributed by atoms with E-state index < -0.39 is 0 Å². The first kappa shape index (κ1) is 13.1. The van der Waals surface area contributed by atoms with Crippen LogP contribution in [0, 0.1) is 11.8 Å². The molecule has 4 heteroatoms. The lowest BCUT2D eigenvalue weighted by molar-refractivity contribution is 0.186. The van der Waals surface area contributed by atoms with Gasteiger partial charge in [0.1, 0.15) is 0 Å². The summed E-state index contributed by atoms with van der Waals surface area (Å²) in [7, 11) is 0. The predicted octanol–water partition coefficient (Wildman–Crippen LogP) is 1.84. The van der Waals surface area contributed by atoms with Crippen LogP contribution in [0.15, 0.2) is 0 Å². The summed E-state index contributed by atoms with van der Waals surface area (Å²) < 4.78 is 0. The maximum absolute atomic E-state index is 6.01. The first-order valence-electron chi connectivity index (χ1n) is 6.45. The molecule has 0 bridgehead atoms. The Morgan fingerprint density at radius 1 is 0.688 bits per heavy atom. The molecule has 2 saturated carbocycles.